The maximum absolute atomic E-state index is 11.9. The van der Waals surface area contributed by atoms with Gasteiger partial charge in [0.15, 0.2) is 0 Å². The lowest BCUT2D eigenvalue weighted by molar-refractivity contribution is -0.121. The summed E-state index contributed by atoms with van der Waals surface area (Å²) in [6.07, 6.45) is 0.926. The van der Waals surface area contributed by atoms with E-state index >= 15 is 0 Å². The van der Waals surface area contributed by atoms with Crippen molar-refractivity contribution in [2.45, 2.75) is 19.8 Å². The van der Waals surface area contributed by atoms with Gasteiger partial charge in [0.25, 0.3) is 5.91 Å². The maximum Gasteiger partial charge on any atom is 0.251 e. The summed E-state index contributed by atoms with van der Waals surface area (Å²) in [4.78, 5) is 23.7. The van der Waals surface area contributed by atoms with Crippen molar-refractivity contribution < 1.29 is 14.3 Å². The summed E-state index contributed by atoms with van der Waals surface area (Å²) in [6.45, 7) is 3.31. The third-order valence-electron chi connectivity index (χ3n) is 3.66. The van der Waals surface area contributed by atoms with E-state index in [0.717, 1.165) is 11.3 Å². The Morgan fingerprint density at radius 1 is 1.04 bits per heavy atom. The average molecular weight is 375 g/mol. The molecule has 2 N–H and O–H groups in total. The third kappa shape index (κ3) is 7.15. The molecule has 0 aliphatic heterocycles. The monoisotopic (exact) mass is 374 g/mol. The van der Waals surface area contributed by atoms with E-state index in [1.54, 1.807) is 24.3 Å². The first-order valence-electron chi connectivity index (χ1n) is 8.54. The summed E-state index contributed by atoms with van der Waals surface area (Å²) in [5.41, 5.74) is 1.68. The Morgan fingerprint density at radius 3 is 2.54 bits per heavy atom. The molecule has 0 aliphatic rings. The van der Waals surface area contributed by atoms with Gasteiger partial charge < -0.3 is 15.4 Å². The van der Waals surface area contributed by atoms with Crippen LogP contribution in [-0.4, -0.2) is 31.5 Å². The van der Waals surface area contributed by atoms with E-state index in [1.807, 2.05) is 31.2 Å². The molecular formula is C20H23ClN2O3. The number of benzene rings is 2. The van der Waals surface area contributed by atoms with E-state index in [0.29, 0.717) is 43.1 Å². The molecule has 2 aromatic carbocycles. The van der Waals surface area contributed by atoms with Gasteiger partial charge in [-0.1, -0.05) is 23.7 Å². The number of nitrogens with one attached hydrogen (secondary N) is 2. The Kier molecular flexibility index (Phi) is 7.96. The summed E-state index contributed by atoms with van der Waals surface area (Å²) < 4.78 is 5.57. The van der Waals surface area contributed by atoms with Crippen LogP contribution in [0, 0.1) is 6.92 Å². The van der Waals surface area contributed by atoms with Crippen LogP contribution in [0.2, 0.25) is 5.02 Å². The molecule has 138 valence electrons. The van der Waals surface area contributed by atoms with E-state index < -0.39 is 0 Å². The topological polar surface area (TPSA) is 67.4 Å². The Hall–Kier alpha value is -2.53. The predicted octanol–water partition coefficient (Wildman–Crippen LogP) is 3.35. The second-order valence-electron chi connectivity index (χ2n) is 5.88. The summed E-state index contributed by atoms with van der Waals surface area (Å²) in [7, 11) is 0. The fraction of sp³-hybridized carbons (Fsp3) is 0.300. The Balaban J connectivity index is 1.54. The highest BCUT2D eigenvalue weighted by atomic mass is 35.5. The van der Waals surface area contributed by atoms with E-state index in [9.17, 15) is 9.59 Å². The first-order valence-corrected chi connectivity index (χ1v) is 8.92. The number of carbonyl (C=O) groups excluding carboxylic acids is 2. The summed E-state index contributed by atoms with van der Waals surface area (Å²) in [5.74, 6) is 0.566. The molecule has 0 radical (unpaired) electrons. The lowest BCUT2D eigenvalue weighted by Gasteiger charge is -2.09. The second kappa shape index (κ2) is 10.5. The number of halogens is 1. The zero-order valence-electron chi connectivity index (χ0n) is 14.8. The molecule has 0 fully saturated rings. The zero-order chi connectivity index (χ0) is 18.8. The Morgan fingerprint density at radius 2 is 1.81 bits per heavy atom. The Bertz CT molecular complexity index is 732. The van der Waals surface area contributed by atoms with Crippen LogP contribution >= 0.6 is 11.6 Å². The molecule has 0 atom stereocenters. The minimum absolute atomic E-state index is 0.0569. The normalized spacial score (nSPS) is 10.2. The number of ether oxygens (including phenoxy) is 1. The molecule has 0 saturated carbocycles. The van der Waals surface area contributed by atoms with Crippen molar-refractivity contribution in [3.8, 4) is 5.75 Å². The van der Waals surface area contributed by atoms with Crippen molar-refractivity contribution in [2.24, 2.45) is 0 Å². The number of carbonyl (C=O) groups is 2. The van der Waals surface area contributed by atoms with Crippen molar-refractivity contribution >= 4 is 23.4 Å². The average Bonchev–Trinajstić information content (AvgIpc) is 2.63. The van der Waals surface area contributed by atoms with Crippen LogP contribution in [0.15, 0.2) is 48.5 Å². The van der Waals surface area contributed by atoms with Crippen molar-refractivity contribution in [1.29, 1.82) is 0 Å². The van der Waals surface area contributed by atoms with Gasteiger partial charge in [-0.05, 0) is 55.3 Å². The third-order valence-corrected chi connectivity index (χ3v) is 3.91. The first kappa shape index (κ1) is 19.8. The Labute approximate surface area is 158 Å². The standard InChI is InChI=1S/C20H23ClN2O3/c1-15-4-2-5-18(14-15)26-13-12-22-19(24)6-3-11-23-20(25)16-7-9-17(21)10-8-16/h2,4-5,7-10,14H,3,6,11-13H2,1H3,(H,22,24)(H,23,25). The molecule has 0 aliphatic carbocycles. The van der Waals surface area contributed by atoms with E-state index in [1.165, 1.54) is 0 Å². The van der Waals surface area contributed by atoms with Crippen LogP contribution in [0.1, 0.15) is 28.8 Å². The molecule has 0 aromatic heterocycles. The quantitative estimate of drug-likeness (QED) is 0.661. The smallest absolute Gasteiger partial charge is 0.251 e. The van der Waals surface area contributed by atoms with Crippen molar-refractivity contribution in [3.05, 3.63) is 64.7 Å². The van der Waals surface area contributed by atoms with Crippen LogP contribution in [-0.2, 0) is 4.79 Å². The molecule has 0 saturated heterocycles. The highest BCUT2D eigenvalue weighted by molar-refractivity contribution is 6.30. The molecule has 6 heteroatoms. The van der Waals surface area contributed by atoms with Gasteiger partial charge in [-0.15, -0.1) is 0 Å². The molecule has 5 nitrogen and oxygen atoms in total. The maximum atomic E-state index is 11.9. The first-order chi connectivity index (χ1) is 12.5. The second-order valence-corrected chi connectivity index (χ2v) is 6.32. The van der Waals surface area contributed by atoms with Crippen LogP contribution in [0.4, 0.5) is 0 Å². The molecule has 0 spiro atoms. The zero-order valence-corrected chi connectivity index (χ0v) is 15.5. The number of hydrogen-bond acceptors (Lipinski definition) is 3. The highest BCUT2D eigenvalue weighted by Crippen LogP contribution is 2.11. The van der Waals surface area contributed by atoms with E-state index in [4.69, 9.17) is 16.3 Å². The van der Waals surface area contributed by atoms with Gasteiger partial charge in [0, 0.05) is 23.6 Å². The minimum atomic E-state index is -0.173. The van der Waals surface area contributed by atoms with Gasteiger partial charge in [-0.3, -0.25) is 9.59 Å². The van der Waals surface area contributed by atoms with Gasteiger partial charge in [-0.25, -0.2) is 0 Å². The van der Waals surface area contributed by atoms with Crippen molar-refractivity contribution in [1.82, 2.24) is 10.6 Å². The fourth-order valence-corrected chi connectivity index (χ4v) is 2.43. The fourth-order valence-electron chi connectivity index (χ4n) is 2.31. The molecule has 2 rings (SSSR count). The highest BCUT2D eigenvalue weighted by Gasteiger charge is 2.05. The molecule has 2 aromatic rings. The number of aryl methyl sites for hydroxylation is 1. The number of amides is 2. The number of hydrogen-bond donors (Lipinski definition) is 2. The van der Waals surface area contributed by atoms with Crippen LogP contribution in [0.5, 0.6) is 5.75 Å². The van der Waals surface area contributed by atoms with E-state index in [2.05, 4.69) is 10.6 Å². The molecule has 26 heavy (non-hydrogen) atoms. The molecule has 0 bridgehead atoms. The molecule has 2 amide bonds. The summed E-state index contributed by atoms with van der Waals surface area (Å²) in [5, 5.41) is 6.17. The van der Waals surface area contributed by atoms with Crippen molar-refractivity contribution in [3.63, 3.8) is 0 Å². The molecule has 0 unspecified atom stereocenters. The number of rotatable bonds is 9. The van der Waals surface area contributed by atoms with Gasteiger partial charge in [-0.2, -0.15) is 0 Å². The SMILES string of the molecule is Cc1cccc(OCCNC(=O)CCCNC(=O)c2ccc(Cl)cc2)c1. The van der Waals surface area contributed by atoms with Crippen LogP contribution in [0.3, 0.4) is 0 Å². The largest absolute Gasteiger partial charge is 0.492 e. The van der Waals surface area contributed by atoms with Gasteiger partial charge in [0.2, 0.25) is 5.91 Å². The molecular weight excluding hydrogens is 352 g/mol. The van der Waals surface area contributed by atoms with E-state index in [-0.39, 0.29) is 11.8 Å². The predicted molar refractivity (Wildman–Crippen MR) is 103 cm³/mol. The lowest BCUT2D eigenvalue weighted by atomic mass is 10.2. The van der Waals surface area contributed by atoms with Gasteiger partial charge >= 0.3 is 0 Å². The van der Waals surface area contributed by atoms with Crippen molar-refractivity contribution in [2.75, 3.05) is 19.7 Å². The summed E-state index contributed by atoms with van der Waals surface area (Å²) in [6, 6.07) is 14.4. The minimum Gasteiger partial charge on any atom is -0.492 e. The molecule has 0 heterocycles. The summed E-state index contributed by atoms with van der Waals surface area (Å²) >= 11 is 5.79. The van der Waals surface area contributed by atoms with Gasteiger partial charge in [0.1, 0.15) is 12.4 Å². The van der Waals surface area contributed by atoms with Crippen LogP contribution in [0.25, 0.3) is 0 Å². The van der Waals surface area contributed by atoms with Gasteiger partial charge in [0.05, 0.1) is 6.54 Å². The lowest BCUT2D eigenvalue weighted by Crippen LogP contribution is -2.29. The van der Waals surface area contributed by atoms with Crippen LogP contribution < -0.4 is 15.4 Å².